The number of amides is 1. The standard InChI is InChI=1S/C26H20FN3O2S2/c1-16-22-25(34-24(16)18-6-3-2-4-7-18)28-15-30(26(22)32)14-21(31)29-23(20-8-5-13-33-20)17-9-11-19(27)12-10-17/h2-13,15,23H,14H2,1H3,(H,29,31). The van der Waals surface area contributed by atoms with Crippen molar-refractivity contribution in [2.45, 2.75) is 19.5 Å². The summed E-state index contributed by atoms with van der Waals surface area (Å²) in [6.07, 6.45) is 1.42. The summed E-state index contributed by atoms with van der Waals surface area (Å²) in [6, 6.07) is 19.3. The van der Waals surface area contributed by atoms with E-state index >= 15 is 0 Å². The molecule has 5 nitrogen and oxygen atoms in total. The summed E-state index contributed by atoms with van der Waals surface area (Å²) in [5.41, 5.74) is 2.41. The molecule has 8 heteroatoms. The number of halogens is 1. The highest BCUT2D eigenvalue weighted by Crippen LogP contribution is 2.35. The Labute approximate surface area is 203 Å². The Morgan fingerprint density at radius 3 is 2.56 bits per heavy atom. The van der Waals surface area contributed by atoms with Crippen LogP contribution in [0.5, 0.6) is 0 Å². The first kappa shape index (κ1) is 22.2. The number of carbonyl (C=O) groups is 1. The normalized spacial score (nSPS) is 12.1. The van der Waals surface area contributed by atoms with Crippen molar-refractivity contribution in [1.29, 1.82) is 0 Å². The number of carbonyl (C=O) groups excluding carboxylic acids is 1. The first-order chi connectivity index (χ1) is 16.5. The smallest absolute Gasteiger partial charge is 0.262 e. The zero-order chi connectivity index (χ0) is 23.7. The lowest BCUT2D eigenvalue weighted by atomic mass is 10.1. The maximum absolute atomic E-state index is 13.4. The molecule has 0 spiro atoms. The van der Waals surface area contributed by atoms with Crippen LogP contribution < -0.4 is 10.9 Å². The Hall–Kier alpha value is -3.62. The highest BCUT2D eigenvalue weighted by Gasteiger charge is 2.20. The first-order valence-corrected chi connectivity index (χ1v) is 12.3. The molecule has 0 radical (unpaired) electrons. The van der Waals surface area contributed by atoms with Crippen LogP contribution in [-0.4, -0.2) is 15.5 Å². The monoisotopic (exact) mass is 489 g/mol. The Morgan fingerprint density at radius 2 is 1.85 bits per heavy atom. The molecule has 0 saturated carbocycles. The van der Waals surface area contributed by atoms with Crippen LogP contribution in [-0.2, 0) is 11.3 Å². The number of aromatic nitrogens is 2. The third-order valence-electron chi connectivity index (χ3n) is 5.60. The van der Waals surface area contributed by atoms with E-state index in [1.807, 2.05) is 54.8 Å². The van der Waals surface area contributed by atoms with Gasteiger partial charge in [-0.25, -0.2) is 9.37 Å². The molecule has 5 aromatic rings. The van der Waals surface area contributed by atoms with Crippen molar-refractivity contribution in [3.05, 3.63) is 111 Å². The molecule has 1 N–H and O–H groups in total. The van der Waals surface area contributed by atoms with E-state index in [4.69, 9.17) is 0 Å². The molecule has 0 aliphatic heterocycles. The molecule has 3 heterocycles. The van der Waals surface area contributed by atoms with Crippen LogP contribution in [0.1, 0.15) is 22.0 Å². The largest absolute Gasteiger partial charge is 0.343 e. The maximum atomic E-state index is 13.4. The fourth-order valence-electron chi connectivity index (χ4n) is 3.93. The van der Waals surface area contributed by atoms with Gasteiger partial charge in [0.1, 0.15) is 17.2 Å². The van der Waals surface area contributed by atoms with E-state index in [1.165, 1.54) is 45.7 Å². The minimum absolute atomic E-state index is 0.166. The second-order valence-electron chi connectivity index (χ2n) is 7.85. The summed E-state index contributed by atoms with van der Waals surface area (Å²) in [6.45, 7) is 1.75. The number of benzene rings is 2. The number of hydrogen-bond acceptors (Lipinski definition) is 5. The molecular formula is C26H20FN3O2S2. The Kier molecular flexibility index (Phi) is 6.08. The summed E-state index contributed by atoms with van der Waals surface area (Å²) in [5, 5.41) is 5.44. The summed E-state index contributed by atoms with van der Waals surface area (Å²) in [7, 11) is 0. The van der Waals surface area contributed by atoms with Crippen LogP contribution in [0.2, 0.25) is 0 Å². The van der Waals surface area contributed by atoms with Crippen LogP contribution in [0.4, 0.5) is 4.39 Å². The molecular weight excluding hydrogens is 469 g/mol. The topological polar surface area (TPSA) is 64.0 Å². The van der Waals surface area contributed by atoms with Gasteiger partial charge in [0.15, 0.2) is 0 Å². The van der Waals surface area contributed by atoms with E-state index in [9.17, 15) is 14.0 Å². The Bertz CT molecular complexity index is 1510. The van der Waals surface area contributed by atoms with Crippen molar-refractivity contribution < 1.29 is 9.18 Å². The number of nitrogens with one attached hydrogen (secondary N) is 1. The van der Waals surface area contributed by atoms with E-state index in [0.717, 1.165) is 26.4 Å². The van der Waals surface area contributed by atoms with Gasteiger partial charge in [0, 0.05) is 9.75 Å². The average molecular weight is 490 g/mol. The molecule has 1 unspecified atom stereocenters. The SMILES string of the molecule is Cc1c(-c2ccccc2)sc2ncn(CC(=O)NC(c3ccc(F)cc3)c3cccs3)c(=O)c12. The van der Waals surface area contributed by atoms with Gasteiger partial charge >= 0.3 is 0 Å². The third kappa shape index (κ3) is 4.30. The highest BCUT2D eigenvalue weighted by atomic mass is 32.1. The number of nitrogens with zero attached hydrogens (tertiary/aromatic N) is 2. The molecule has 34 heavy (non-hydrogen) atoms. The minimum atomic E-state index is -0.437. The summed E-state index contributed by atoms with van der Waals surface area (Å²) in [4.78, 5) is 33.3. The molecule has 0 fully saturated rings. The maximum Gasteiger partial charge on any atom is 0.262 e. The van der Waals surface area contributed by atoms with Crippen LogP contribution in [0.15, 0.2) is 83.2 Å². The first-order valence-electron chi connectivity index (χ1n) is 10.6. The minimum Gasteiger partial charge on any atom is -0.343 e. The van der Waals surface area contributed by atoms with Crippen molar-refractivity contribution in [3.63, 3.8) is 0 Å². The zero-order valence-corrected chi connectivity index (χ0v) is 19.8. The van der Waals surface area contributed by atoms with Gasteiger partial charge in [-0.3, -0.25) is 14.2 Å². The van der Waals surface area contributed by atoms with Crippen molar-refractivity contribution in [3.8, 4) is 10.4 Å². The molecule has 0 bridgehead atoms. The number of aryl methyl sites for hydroxylation is 1. The fraction of sp³-hybridized carbons (Fsp3) is 0.115. The molecule has 0 aliphatic carbocycles. The van der Waals surface area contributed by atoms with Crippen LogP contribution >= 0.6 is 22.7 Å². The Morgan fingerprint density at radius 1 is 1.09 bits per heavy atom. The van der Waals surface area contributed by atoms with Crippen molar-refractivity contribution in [2.75, 3.05) is 0 Å². The van der Waals surface area contributed by atoms with Gasteiger partial charge in [-0.05, 0) is 47.2 Å². The van der Waals surface area contributed by atoms with Crippen LogP contribution in [0.3, 0.4) is 0 Å². The third-order valence-corrected chi connectivity index (χ3v) is 7.79. The second kappa shape index (κ2) is 9.32. The predicted octanol–water partition coefficient (Wildman–Crippen LogP) is 5.54. The summed E-state index contributed by atoms with van der Waals surface area (Å²) in [5.74, 6) is -0.672. The second-order valence-corrected chi connectivity index (χ2v) is 9.83. The lowest BCUT2D eigenvalue weighted by Gasteiger charge is -2.18. The number of hydrogen-bond donors (Lipinski definition) is 1. The molecule has 0 aliphatic rings. The van der Waals surface area contributed by atoms with Gasteiger partial charge in [-0.15, -0.1) is 22.7 Å². The van der Waals surface area contributed by atoms with E-state index in [-0.39, 0.29) is 23.8 Å². The molecule has 170 valence electrons. The molecule has 1 amide bonds. The van der Waals surface area contributed by atoms with E-state index in [1.54, 1.807) is 12.1 Å². The molecule has 2 aromatic carbocycles. The zero-order valence-electron chi connectivity index (χ0n) is 18.2. The lowest BCUT2D eigenvalue weighted by Crippen LogP contribution is -2.35. The van der Waals surface area contributed by atoms with Gasteiger partial charge in [-0.1, -0.05) is 48.5 Å². The molecule has 3 aromatic heterocycles. The molecule has 5 rings (SSSR count). The van der Waals surface area contributed by atoms with E-state index in [0.29, 0.717) is 10.2 Å². The number of thiophene rings is 2. The molecule has 0 saturated heterocycles. The van der Waals surface area contributed by atoms with Gasteiger partial charge < -0.3 is 5.32 Å². The summed E-state index contributed by atoms with van der Waals surface area (Å²) < 4.78 is 14.8. The van der Waals surface area contributed by atoms with Gasteiger partial charge in [0.2, 0.25) is 5.91 Å². The average Bonchev–Trinajstić information content (AvgIpc) is 3.49. The van der Waals surface area contributed by atoms with Crippen molar-refractivity contribution in [2.24, 2.45) is 0 Å². The number of rotatable bonds is 6. The lowest BCUT2D eigenvalue weighted by molar-refractivity contribution is -0.122. The number of fused-ring (bicyclic) bond motifs is 1. The predicted molar refractivity (Wildman–Crippen MR) is 135 cm³/mol. The van der Waals surface area contributed by atoms with Gasteiger partial charge in [0.25, 0.3) is 5.56 Å². The Balaban J connectivity index is 1.43. The van der Waals surface area contributed by atoms with E-state index in [2.05, 4.69) is 10.3 Å². The van der Waals surface area contributed by atoms with Crippen LogP contribution in [0, 0.1) is 12.7 Å². The van der Waals surface area contributed by atoms with Gasteiger partial charge in [-0.2, -0.15) is 0 Å². The highest BCUT2D eigenvalue weighted by molar-refractivity contribution is 7.22. The van der Waals surface area contributed by atoms with Crippen molar-refractivity contribution in [1.82, 2.24) is 14.9 Å². The van der Waals surface area contributed by atoms with Crippen LogP contribution in [0.25, 0.3) is 20.7 Å². The summed E-state index contributed by atoms with van der Waals surface area (Å²) >= 11 is 2.97. The fourth-order valence-corrected chi connectivity index (χ4v) is 5.87. The van der Waals surface area contributed by atoms with Gasteiger partial charge in [0.05, 0.1) is 17.8 Å². The van der Waals surface area contributed by atoms with E-state index < -0.39 is 6.04 Å². The quantitative estimate of drug-likeness (QED) is 0.341. The molecule has 1 atom stereocenters. The van der Waals surface area contributed by atoms with Crippen molar-refractivity contribution >= 4 is 38.8 Å².